The van der Waals surface area contributed by atoms with Crippen molar-refractivity contribution in [2.45, 2.75) is 26.8 Å². The van der Waals surface area contributed by atoms with Crippen LogP contribution in [0, 0.1) is 5.92 Å². The van der Waals surface area contributed by atoms with E-state index in [0.29, 0.717) is 4.80 Å². The highest BCUT2D eigenvalue weighted by Crippen LogP contribution is 2.04. The van der Waals surface area contributed by atoms with E-state index in [1.54, 1.807) is 11.5 Å². The van der Waals surface area contributed by atoms with E-state index >= 15 is 0 Å². The first-order valence-corrected chi connectivity index (χ1v) is 6.95. The van der Waals surface area contributed by atoms with Crippen LogP contribution in [-0.4, -0.2) is 29.2 Å². The highest BCUT2D eigenvalue weighted by Gasteiger charge is 2.24. The molecule has 0 radical (unpaired) electrons. The third-order valence-corrected chi connectivity index (χ3v) is 3.29. The van der Waals surface area contributed by atoms with E-state index in [2.05, 4.69) is 10.3 Å². The molecule has 0 aliphatic carbocycles. The molecule has 7 heteroatoms. The monoisotopic (exact) mass is 285 g/mol. The van der Waals surface area contributed by atoms with Gasteiger partial charge in [-0.2, -0.15) is 4.99 Å². The molecule has 0 saturated heterocycles. The van der Waals surface area contributed by atoms with Crippen molar-refractivity contribution in [1.82, 2.24) is 9.88 Å². The van der Waals surface area contributed by atoms with Gasteiger partial charge < -0.3 is 14.6 Å². The van der Waals surface area contributed by atoms with E-state index in [-0.39, 0.29) is 18.4 Å². The molecular weight excluding hydrogens is 266 g/mol. The Morgan fingerprint density at radius 2 is 2.21 bits per heavy atom. The van der Waals surface area contributed by atoms with E-state index < -0.39 is 12.1 Å². The van der Waals surface area contributed by atoms with Gasteiger partial charge in [0.1, 0.15) is 6.04 Å². The van der Waals surface area contributed by atoms with Crippen LogP contribution in [0.5, 0.6) is 0 Å². The van der Waals surface area contributed by atoms with Crippen LogP contribution in [0.25, 0.3) is 0 Å². The van der Waals surface area contributed by atoms with Crippen LogP contribution < -0.4 is 10.1 Å². The topological polar surface area (TPSA) is 72.7 Å². The lowest BCUT2D eigenvalue weighted by molar-refractivity contribution is -0.120. The second-order valence-electron chi connectivity index (χ2n) is 4.33. The maximum absolute atomic E-state index is 12.1. The maximum Gasteiger partial charge on any atom is 0.407 e. The lowest BCUT2D eigenvalue weighted by Crippen LogP contribution is -2.44. The van der Waals surface area contributed by atoms with Crippen molar-refractivity contribution in [3.05, 3.63) is 16.4 Å². The lowest BCUT2D eigenvalue weighted by Gasteiger charge is -2.18. The number of carbonyl (C=O) groups is 2. The summed E-state index contributed by atoms with van der Waals surface area (Å²) < 4.78 is 6.54. The molecule has 1 heterocycles. The van der Waals surface area contributed by atoms with Gasteiger partial charge in [0.05, 0.1) is 6.61 Å². The highest BCUT2D eigenvalue weighted by molar-refractivity contribution is 7.07. The Morgan fingerprint density at radius 3 is 2.68 bits per heavy atom. The van der Waals surface area contributed by atoms with Crippen LogP contribution in [0.1, 0.15) is 20.8 Å². The molecule has 0 aromatic carbocycles. The van der Waals surface area contributed by atoms with Crippen molar-refractivity contribution in [3.8, 4) is 0 Å². The van der Waals surface area contributed by atoms with Gasteiger partial charge in [-0.1, -0.05) is 13.8 Å². The zero-order valence-electron chi connectivity index (χ0n) is 11.5. The van der Waals surface area contributed by atoms with Crippen molar-refractivity contribution in [2.24, 2.45) is 18.0 Å². The summed E-state index contributed by atoms with van der Waals surface area (Å²) in [5.74, 6) is -0.438. The molecule has 1 aromatic rings. The lowest BCUT2D eigenvalue weighted by atomic mass is 10.0. The molecule has 0 aliphatic heterocycles. The van der Waals surface area contributed by atoms with Gasteiger partial charge in [0.2, 0.25) is 0 Å². The van der Waals surface area contributed by atoms with Gasteiger partial charge in [0, 0.05) is 18.6 Å². The standard InChI is InChI=1S/C12H19N3O3S/c1-5-18-12(17)13-9(8(2)3)10(16)14-11-15(4)6-7-19-11/h6-9H,5H2,1-4H3,(H,13,17). The van der Waals surface area contributed by atoms with Crippen LogP contribution in [0.15, 0.2) is 16.6 Å². The SMILES string of the molecule is CCOC(=O)NC(C(=O)N=c1sccn1C)C(C)C. The first kappa shape index (κ1) is 15.4. The molecule has 0 saturated carbocycles. The number of aryl methyl sites for hydroxylation is 1. The van der Waals surface area contributed by atoms with E-state index in [9.17, 15) is 9.59 Å². The number of nitrogens with one attached hydrogen (secondary N) is 1. The van der Waals surface area contributed by atoms with Crippen LogP contribution in [0.4, 0.5) is 4.79 Å². The van der Waals surface area contributed by atoms with Crippen molar-refractivity contribution in [2.75, 3.05) is 6.61 Å². The van der Waals surface area contributed by atoms with E-state index in [4.69, 9.17) is 4.74 Å². The zero-order chi connectivity index (χ0) is 14.4. The third kappa shape index (κ3) is 4.51. The second-order valence-corrected chi connectivity index (χ2v) is 5.21. The van der Waals surface area contributed by atoms with Crippen LogP contribution in [0.2, 0.25) is 0 Å². The summed E-state index contributed by atoms with van der Waals surface area (Å²) in [6.45, 7) is 5.67. The van der Waals surface area contributed by atoms with Crippen LogP contribution in [-0.2, 0) is 16.6 Å². The van der Waals surface area contributed by atoms with Gasteiger partial charge >= 0.3 is 6.09 Å². The minimum Gasteiger partial charge on any atom is -0.450 e. The summed E-state index contributed by atoms with van der Waals surface area (Å²) >= 11 is 1.37. The van der Waals surface area contributed by atoms with Gasteiger partial charge in [0.25, 0.3) is 5.91 Å². The van der Waals surface area contributed by atoms with Crippen LogP contribution >= 0.6 is 11.3 Å². The Kier molecular flexibility index (Phi) is 5.75. The highest BCUT2D eigenvalue weighted by atomic mass is 32.1. The van der Waals surface area contributed by atoms with Crippen LogP contribution in [0.3, 0.4) is 0 Å². The van der Waals surface area contributed by atoms with Gasteiger partial charge in [-0.3, -0.25) is 4.79 Å². The minimum absolute atomic E-state index is 0.0640. The Hall–Kier alpha value is -1.63. The molecule has 19 heavy (non-hydrogen) atoms. The molecule has 1 N–H and O–H groups in total. The average molecular weight is 285 g/mol. The molecule has 0 spiro atoms. The smallest absolute Gasteiger partial charge is 0.407 e. The summed E-state index contributed by atoms with van der Waals surface area (Å²) in [5, 5.41) is 4.38. The number of thiazole rings is 1. The molecule has 0 bridgehead atoms. The van der Waals surface area contributed by atoms with Crippen molar-refractivity contribution < 1.29 is 14.3 Å². The molecule has 1 aromatic heterocycles. The molecule has 106 valence electrons. The Bertz CT molecular complexity index is 504. The minimum atomic E-state index is -0.679. The fraction of sp³-hybridized carbons (Fsp3) is 0.583. The van der Waals surface area contributed by atoms with Gasteiger partial charge in [-0.05, 0) is 12.8 Å². The second kappa shape index (κ2) is 7.08. The van der Waals surface area contributed by atoms with E-state index in [1.807, 2.05) is 32.5 Å². The van der Waals surface area contributed by atoms with Gasteiger partial charge in [0.15, 0.2) is 4.80 Å². The first-order chi connectivity index (χ1) is 8.95. The number of hydrogen-bond donors (Lipinski definition) is 1. The molecule has 0 aliphatic rings. The van der Waals surface area contributed by atoms with Crippen molar-refractivity contribution in [3.63, 3.8) is 0 Å². The molecule has 0 fully saturated rings. The van der Waals surface area contributed by atoms with Crippen molar-refractivity contribution in [1.29, 1.82) is 0 Å². The summed E-state index contributed by atoms with van der Waals surface area (Å²) in [6.07, 6.45) is 1.22. The average Bonchev–Trinajstić information content (AvgIpc) is 2.72. The quantitative estimate of drug-likeness (QED) is 0.906. The summed E-state index contributed by atoms with van der Waals surface area (Å²) in [5.41, 5.74) is 0. The molecule has 1 atom stereocenters. The predicted molar refractivity (Wildman–Crippen MR) is 72.6 cm³/mol. The predicted octanol–water partition coefficient (Wildman–Crippen LogP) is 1.28. The number of amides is 2. The summed E-state index contributed by atoms with van der Waals surface area (Å²) in [4.78, 5) is 28.1. The summed E-state index contributed by atoms with van der Waals surface area (Å²) in [6, 6.07) is -0.679. The Balaban J connectivity index is 2.86. The molecule has 1 unspecified atom stereocenters. The number of nitrogens with zero attached hydrogens (tertiary/aromatic N) is 2. The number of hydrogen-bond acceptors (Lipinski definition) is 4. The number of aromatic nitrogens is 1. The number of alkyl carbamates (subject to hydrolysis) is 1. The fourth-order valence-corrected chi connectivity index (χ4v) is 2.15. The number of rotatable bonds is 4. The zero-order valence-corrected chi connectivity index (χ0v) is 12.4. The van der Waals surface area contributed by atoms with E-state index in [0.717, 1.165) is 0 Å². The molecular formula is C12H19N3O3S. The van der Waals surface area contributed by atoms with Crippen molar-refractivity contribution >= 4 is 23.3 Å². The first-order valence-electron chi connectivity index (χ1n) is 6.07. The maximum atomic E-state index is 12.1. The van der Waals surface area contributed by atoms with Gasteiger partial charge in [-0.15, -0.1) is 11.3 Å². The largest absolute Gasteiger partial charge is 0.450 e. The Labute approximate surface area is 116 Å². The summed E-state index contributed by atoms with van der Waals surface area (Å²) in [7, 11) is 1.81. The van der Waals surface area contributed by atoms with Gasteiger partial charge in [-0.25, -0.2) is 4.79 Å². The normalized spacial score (nSPS) is 13.4. The molecule has 2 amide bonds. The van der Waals surface area contributed by atoms with E-state index in [1.165, 1.54) is 11.3 Å². The molecule has 6 nitrogen and oxygen atoms in total. The molecule has 1 rings (SSSR count). The third-order valence-electron chi connectivity index (χ3n) is 2.45. The Morgan fingerprint density at radius 1 is 1.53 bits per heavy atom. The number of ether oxygens (including phenoxy) is 1. The number of carbonyl (C=O) groups excluding carboxylic acids is 2. The fourth-order valence-electron chi connectivity index (χ4n) is 1.41.